The Morgan fingerprint density at radius 1 is 1.41 bits per heavy atom. The zero-order valence-electron chi connectivity index (χ0n) is 12.8. The molecule has 6 heteroatoms. The molecule has 2 N–H and O–H groups in total. The van der Waals surface area contributed by atoms with Gasteiger partial charge < -0.3 is 19.7 Å². The average Bonchev–Trinajstić information content (AvgIpc) is 2.53. The van der Waals surface area contributed by atoms with Crippen LogP contribution in [0.2, 0.25) is 0 Å². The van der Waals surface area contributed by atoms with Crippen LogP contribution in [0.3, 0.4) is 0 Å². The fraction of sp³-hybridized carbons (Fsp3) is 0.625. The number of hydrogen-bond donors (Lipinski definition) is 2. The summed E-state index contributed by atoms with van der Waals surface area (Å²) in [5.41, 5.74) is 2.00. The summed E-state index contributed by atoms with van der Waals surface area (Å²) in [6.07, 6.45) is 3.82. The number of carbonyl (C=O) groups excluding carboxylic acids is 1. The predicted octanol–water partition coefficient (Wildman–Crippen LogP) is 0.144. The van der Waals surface area contributed by atoms with Crippen molar-refractivity contribution >= 4 is 5.91 Å². The standard InChI is InChI=1S/C16H22N2O4/c1-18-13-5-3-2-4-10(13)8-11(16(18)21)15(20)17-12-9-22-7-6-14(12)19/h8,12,14,19H,2-7,9H2,1H3,(H,17,20)/t12-,14-/m1/s1. The number of nitrogens with one attached hydrogen (secondary N) is 1. The third kappa shape index (κ3) is 2.80. The first-order chi connectivity index (χ1) is 10.6. The number of rotatable bonds is 2. The van der Waals surface area contributed by atoms with Crippen LogP contribution in [0, 0.1) is 0 Å². The highest BCUT2D eigenvalue weighted by Crippen LogP contribution is 2.20. The van der Waals surface area contributed by atoms with Crippen molar-refractivity contribution in [3.8, 4) is 0 Å². The maximum absolute atomic E-state index is 12.4. The normalized spacial score (nSPS) is 24.6. The number of fused-ring (bicyclic) bond motifs is 1. The van der Waals surface area contributed by atoms with Crippen LogP contribution in [-0.4, -0.2) is 40.9 Å². The summed E-state index contributed by atoms with van der Waals surface area (Å²) in [4.78, 5) is 24.8. The summed E-state index contributed by atoms with van der Waals surface area (Å²) in [5, 5.41) is 12.6. The first kappa shape index (κ1) is 15.2. The SMILES string of the molecule is Cn1c2c(cc(C(=O)N[C@@H]3COCC[C@H]3O)c1=O)CCCC2. The van der Waals surface area contributed by atoms with Crippen molar-refractivity contribution in [2.75, 3.05) is 13.2 Å². The molecule has 22 heavy (non-hydrogen) atoms. The van der Waals surface area contributed by atoms with Gasteiger partial charge in [0, 0.05) is 19.3 Å². The highest BCUT2D eigenvalue weighted by Gasteiger charge is 2.27. The first-order valence-electron chi connectivity index (χ1n) is 7.86. The van der Waals surface area contributed by atoms with Gasteiger partial charge in [-0.2, -0.15) is 0 Å². The van der Waals surface area contributed by atoms with Crippen LogP contribution in [0.5, 0.6) is 0 Å². The Bertz CT molecular complexity index is 638. The second kappa shape index (κ2) is 6.22. The number of pyridine rings is 1. The van der Waals surface area contributed by atoms with Crippen molar-refractivity contribution in [3.63, 3.8) is 0 Å². The van der Waals surface area contributed by atoms with Crippen molar-refractivity contribution in [2.24, 2.45) is 7.05 Å². The maximum atomic E-state index is 12.4. The average molecular weight is 306 g/mol. The maximum Gasteiger partial charge on any atom is 0.263 e. The monoisotopic (exact) mass is 306 g/mol. The summed E-state index contributed by atoms with van der Waals surface area (Å²) >= 11 is 0. The lowest BCUT2D eigenvalue weighted by Crippen LogP contribution is -2.50. The predicted molar refractivity (Wildman–Crippen MR) is 81.0 cm³/mol. The molecule has 120 valence electrons. The highest BCUT2D eigenvalue weighted by atomic mass is 16.5. The number of carbonyl (C=O) groups is 1. The molecule has 1 saturated heterocycles. The quantitative estimate of drug-likeness (QED) is 0.815. The Labute approximate surface area is 129 Å². The molecule has 6 nitrogen and oxygen atoms in total. The molecule has 0 bridgehead atoms. The molecule has 2 aliphatic rings. The third-order valence-electron chi connectivity index (χ3n) is 4.62. The highest BCUT2D eigenvalue weighted by molar-refractivity contribution is 5.94. The van der Waals surface area contributed by atoms with E-state index in [2.05, 4.69) is 5.32 Å². The number of amides is 1. The lowest BCUT2D eigenvalue weighted by atomic mass is 9.94. The molecule has 1 fully saturated rings. The minimum absolute atomic E-state index is 0.154. The third-order valence-corrected chi connectivity index (χ3v) is 4.62. The molecule has 0 unspecified atom stereocenters. The number of ether oxygens (including phenoxy) is 1. The van der Waals surface area contributed by atoms with Crippen molar-refractivity contribution in [1.82, 2.24) is 9.88 Å². The number of aliphatic hydroxyl groups is 1. The van der Waals surface area contributed by atoms with Gasteiger partial charge in [-0.05, 0) is 43.7 Å². The number of aromatic nitrogens is 1. The van der Waals surface area contributed by atoms with Gasteiger partial charge in [0.2, 0.25) is 0 Å². The molecule has 2 atom stereocenters. The van der Waals surface area contributed by atoms with E-state index in [1.807, 2.05) is 0 Å². The molecule has 0 aromatic carbocycles. The van der Waals surface area contributed by atoms with Gasteiger partial charge in [-0.1, -0.05) is 0 Å². The van der Waals surface area contributed by atoms with Crippen LogP contribution in [0.25, 0.3) is 0 Å². The molecule has 1 aromatic rings. The number of aliphatic hydroxyl groups excluding tert-OH is 1. The zero-order valence-corrected chi connectivity index (χ0v) is 12.8. The van der Waals surface area contributed by atoms with Crippen LogP contribution in [0.1, 0.15) is 40.9 Å². The summed E-state index contributed by atoms with van der Waals surface area (Å²) in [5.74, 6) is -0.427. The molecule has 3 rings (SSSR count). The van der Waals surface area contributed by atoms with Gasteiger partial charge in [0.05, 0.1) is 18.8 Å². The van der Waals surface area contributed by atoms with Gasteiger partial charge in [-0.3, -0.25) is 9.59 Å². The molecule has 1 amide bonds. The van der Waals surface area contributed by atoms with E-state index in [0.717, 1.165) is 36.9 Å². The van der Waals surface area contributed by atoms with Crippen molar-refractivity contribution in [1.29, 1.82) is 0 Å². The molecule has 0 radical (unpaired) electrons. The molecule has 0 spiro atoms. The fourth-order valence-corrected chi connectivity index (χ4v) is 3.26. The van der Waals surface area contributed by atoms with E-state index in [0.29, 0.717) is 13.0 Å². The summed E-state index contributed by atoms with van der Waals surface area (Å²) in [6.45, 7) is 0.770. The van der Waals surface area contributed by atoms with E-state index >= 15 is 0 Å². The lowest BCUT2D eigenvalue weighted by Gasteiger charge is -2.28. The summed E-state index contributed by atoms with van der Waals surface area (Å²) in [6, 6.07) is 1.27. The van der Waals surface area contributed by atoms with Gasteiger partial charge in [0.1, 0.15) is 5.56 Å². The lowest BCUT2D eigenvalue weighted by molar-refractivity contribution is -0.0140. The molecule has 1 aromatic heterocycles. The summed E-state index contributed by atoms with van der Waals surface area (Å²) < 4.78 is 6.87. The first-order valence-corrected chi connectivity index (χ1v) is 7.86. The second-order valence-corrected chi connectivity index (χ2v) is 6.11. The van der Waals surface area contributed by atoms with E-state index in [1.165, 1.54) is 0 Å². The number of nitrogens with zero attached hydrogens (tertiary/aromatic N) is 1. The van der Waals surface area contributed by atoms with E-state index < -0.39 is 18.1 Å². The Morgan fingerprint density at radius 2 is 2.18 bits per heavy atom. The largest absolute Gasteiger partial charge is 0.391 e. The Morgan fingerprint density at radius 3 is 2.95 bits per heavy atom. The van der Waals surface area contributed by atoms with Crippen molar-refractivity contribution in [3.05, 3.63) is 33.2 Å². The van der Waals surface area contributed by atoms with Gasteiger partial charge in [0.15, 0.2) is 0 Å². The number of aryl methyl sites for hydroxylation is 1. The van der Waals surface area contributed by atoms with Crippen LogP contribution in [0.15, 0.2) is 10.9 Å². The minimum atomic E-state index is -0.626. The molecule has 1 aliphatic heterocycles. The van der Waals surface area contributed by atoms with E-state index in [9.17, 15) is 14.7 Å². The Hall–Kier alpha value is -1.66. The fourth-order valence-electron chi connectivity index (χ4n) is 3.26. The minimum Gasteiger partial charge on any atom is -0.391 e. The molecule has 2 heterocycles. The van der Waals surface area contributed by atoms with E-state index in [-0.39, 0.29) is 17.7 Å². The van der Waals surface area contributed by atoms with Crippen LogP contribution in [0.4, 0.5) is 0 Å². The van der Waals surface area contributed by atoms with E-state index in [4.69, 9.17) is 4.74 Å². The van der Waals surface area contributed by atoms with Crippen LogP contribution in [-0.2, 0) is 24.6 Å². The topological polar surface area (TPSA) is 80.6 Å². The zero-order chi connectivity index (χ0) is 15.7. The smallest absolute Gasteiger partial charge is 0.263 e. The number of hydrogen-bond acceptors (Lipinski definition) is 4. The molecule has 0 saturated carbocycles. The second-order valence-electron chi connectivity index (χ2n) is 6.11. The van der Waals surface area contributed by atoms with E-state index in [1.54, 1.807) is 17.7 Å². The van der Waals surface area contributed by atoms with Crippen LogP contribution < -0.4 is 10.9 Å². The van der Waals surface area contributed by atoms with Gasteiger partial charge in [-0.15, -0.1) is 0 Å². The Kier molecular flexibility index (Phi) is 4.31. The van der Waals surface area contributed by atoms with Crippen molar-refractivity contribution < 1.29 is 14.6 Å². The van der Waals surface area contributed by atoms with Gasteiger partial charge in [0.25, 0.3) is 11.5 Å². The summed E-state index contributed by atoms with van der Waals surface area (Å²) in [7, 11) is 1.72. The molecular weight excluding hydrogens is 284 g/mol. The molecule has 1 aliphatic carbocycles. The van der Waals surface area contributed by atoms with Crippen LogP contribution >= 0.6 is 0 Å². The van der Waals surface area contributed by atoms with Gasteiger partial charge >= 0.3 is 0 Å². The molecular formula is C16H22N2O4. The Balaban J connectivity index is 1.86. The van der Waals surface area contributed by atoms with Gasteiger partial charge in [-0.25, -0.2) is 0 Å². The van der Waals surface area contributed by atoms with Crippen molar-refractivity contribution in [2.45, 2.75) is 44.2 Å².